The summed E-state index contributed by atoms with van der Waals surface area (Å²) in [6.07, 6.45) is 31.9. The van der Waals surface area contributed by atoms with Crippen molar-refractivity contribution < 1.29 is 66.3 Å². The summed E-state index contributed by atoms with van der Waals surface area (Å²) >= 11 is 0. The zero-order valence-corrected chi connectivity index (χ0v) is 37.3. The number of allylic oxidation sites excluding steroid dienone is 5. The number of rotatable bonds is 39. The number of hydrogen-bond acceptors (Lipinski definition) is 11. The van der Waals surface area contributed by atoms with Crippen molar-refractivity contribution in [1.29, 1.82) is 0 Å². The predicted molar refractivity (Wildman–Crippen MR) is 225 cm³/mol. The van der Waals surface area contributed by atoms with Crippen LogP contribution in [0.25, 0.3) is 0 Å². The van der Waals surface area contributed by atoms with Gasteiger partial charge in [0.2, 0.25) is 0 Å². The van der Waals surface area contributed by atoms with Crippen molar-refractivity contribution in [2.75, 3.05) is 26.4 Å². The molecule has 1 aliphatic heterocycles. The lowest BCUT2D eigenvalue weighted by Crippen LogP contribution is -2.29. The van der Waals surface area contributed by atoms with Crippen LogP contribution in [0.1, 0.15) is 162 Å². The molecule has 0 amide bonds. The molecule has 16 heteroatoms. The highest BCUT2D eigenvalue weighted by Crippen LogP contribution is 2.44. The summed E-state index contributed by atoms with van der Waals surface area (Å²) in [4.78, 5) is 52.6. The van der Waals surface area contributed by atoms with E-state index in [1.54, 1.807) is 0 Å². The van der Waals surface area contributed by atoms with Crippen molar-refractivity contribution in [3.63, 3.8) is 0 Å². The Hall–Kier alpha value is -1.70. The molecule has 0 radical (unpaired) electrons. The van der Waals surface area contributed by atoms with E-state index in [9.17, 15) is 28.7 Å². The van der Waals surface area contributed by atoms with E-state index in [1.807, 2.05) is 12.2 Å². The number of hydrogen-bond donors (Lipinski definition) is 4. The van der Waals surface area contributed by atoms with Gasteiger partial charge >= 0.3 is 27.6 Å². The molecule has 1 heterocycles. The zero-order chi connectivity index (χ0) is 42.9. The van der Waals surface area contributed by atoms with Crippen LogP contribution in [0.15, 0.2) is 36.5 Å². The van der Waals surface area contributed by atoms with E-state index >= 15 is 0 Å². The number of epoxide rings is 1. The van der Waals surface area contributed by atoms with E-state index in [0.717, 1.165) is 50.9 Å². The van der Waals surface area contributed by atoms with Crippen LogP contribution in [0.2, 0.25) is 0 Å². The highest BCUT2D eigenvalue weighted by molar-refractivity contribution is 7.47. The summed E-state index contributed by atoms with van der Waals surface area (Å²) < 4.78 is 53.4. The second-order valence-electron chi connectivity index (χ2n) is 15.5. The maximum absolute atomic E-state index is 12.6. The van der Waals surface area contributed by atoms with Gasteiger partial charge in [-0.05, 0) is 50.9 Å². The molecule has 0 aliphatic carbocycles. The van der Waals surface area contributed by atoms with Gasteiger partial charge < -0.3 is 34.0 Å². The topological polar surface area (TPSA) is 208 Å². The van der Waals surface area contributed by atoms with E-state index in [2.05, 4.69) is 54.1 Å². The van der Waals surface area contributed by atoms with Gasteiger partial charge in [0.15, 0.2) is 6.10 Å². The van der Waals surface area contributed by atoms with E-state index in [-0.39, 0.29) is 12.8 Å². The molecule has 1 aliphatic rings. The second-order valence-corrected chi connectivity index (χ2v) is 18.2. The molecule has 0 aromatic heterocycles. The van der Waals surface area contributed by atoms with Gasteiger partial charge in [-0.3, -0.25) is 23.2 Å². The lowest BCUT2D eigenvalue weighted by molar-refractivity contribution is -0.161. The fraction of sp³-hybridized carbons (Fsp3) is 0.810. The number of aliphatic hydroxyl groups excluding tert-OH is 1. The van der Waals surface area contributed by atoms with Crippen molar-refractivity contribution in [1.82, 2.24) is 0 Å². The number of phosphoric ester groups is 2. The monoisotopic (exact) mass is 866 g/mol. The van der Waals surface area contributed by atoms with Crippen molar-refractivity contribution in [2.45, 2.75) is 186 Å². The van der Waals surface area contributed by atoms with Crippen LogP contribution in [0.5, 0.6) is 0 Å². The minimum absolute atomic E-state index is 0.0524. The third-order valence-electron chi connectivity index (χ3n) is 9.37. The molecule has 1 rings (SSSR count). The van der Waals surface area contributed by atoms with Crippen LogP contribution < -0.4 is 0 Å². The first-order valence-electron chi connectivity index (χ1n) is 21.7. The number of carbonyl (C=O) groups excluding carboxylic acids is 2. The molecule has 1 saturated heterocycles. The standard InChI is InChI=1S/C42H76O14P2/c1-4-5-22-28-39-40(56-39)29-24-19-15-11-7-9-13-17-21-26-31-42(45)55-38(35-54-58(49,50)53-33-37(43)32-52-57(46,47)48)34-51-41(44)30-25-20-16-12-8-6-10-14-18-23-27-36(2)3/h7,11,13,17,19,24,36-40,43H,4-6,8-10,12,14-16,18,20-23,25-35H2,1-3H3,(H,49,50)(H2,46,47,48)/b11-7-,17-13-,24-19-/t37-,38+,39?,40?/m0/s1. The molecular weight excluding hydrogens is 790 g/mol. The maximum atomic E-state index is 12.6. The number of esters is 2. The predicted octanol–water partition coefficient (Wildman–Crippen LogP) is 9.74. The Morgan fingerprint density at radius 3 is 1.86 bits per heavy atom. The Balaban J connectivity index is 2.40. The highest BCUT2D eigenvalue weighted by Gasteiger charge is 2.36. The van der Waals surface area contributed by atoms with E-state index < -0.39 is 66.2 Å². The fourth-order valence-corrected chi connectivity index (χ4v) is 7.13. The van der Waals surface area contributed by atoms with Gasteiger partial charge in [-0.2, -0.15) is 0 Å². The summed E-state index contributed by atoms with van der Waals surface area (Å²) in [5.74, 6) is -0.331. The third kappa shape index (κ3) is 35.1. The molecule has 0 bridgehead atoms. The van der Waals surface area contributed by atoms with Gasteiger partial charge in [-0.15, -0.1) is 0 Å². The van der Waals surface area contributed by atoms with E-state index in [4.69, 9.17) is 28.5 Å². The Morgan fingerprint density at radius 2 is 1.22 bits per heavy atom. The molecule has 4 N–H and O–H groups in total. The largest absolute Gasteiger partial charge is 0.472 e. The minimum Gasteiger partial charge on any atom is -0.462 e. The lowest BCUT2D eigenvalue weighted by atomic mass is 10.0. The summed E-state index contributed by atoms with van der Waals surface area (Å²) in [5.41, 5.74) is 0. The average Bonchev–Trinajstić information content (AvgIpc) is 3.92. The molecule has 14 nitrogen and oxygen atoms in total. The van der Waals surface area contributed by atoms with Crippen molar-refractivity contribution in [3.05, 3.63) is 36.5 Å². The lowest BCUT2D eigenvalue weighted by Gasteiger charge is -2.20. The van der Waals surface area contributed by atoms with Gasteiger partial charge in [0, 0.05) is 12.8 Å². The molecule has 58 heavy (non-hydrogen) atoms. The Bertz CT molecular complexity index is 1250. The molecule has 5 atom stereocenters. The van der Waals surface area contributed by atoms with Gasteiger partial charge in [0.1, 0.15) is 12.7 Å². The Morgan fingerprint density at radius 1 is 0.655 bits per heavy atom. The molecular formula is C42H76O14P2. The number of unbranched alkanes of at least 4 members (excludes halogenated alkanes) is 12. The van der Waals surface area contributed by atoms with Gasteiger partial charge in [-0.25, -0.2) is 9.13 Å². The zero-order valence-electron chi connectivity index (χ0n) is 35.5. The van der Waals surface area contributed by atoms with E-state index in [1.165, 1.54) is 64.2 Å². The van der Waals surface area contributed by atoms with Gasteiger partial charge in [0.05, 0.1) is 32.0 Å². The molecule has 1 fully saturated rings. The Kier molecular flexibility index (Phi) is 31.8. The molecule has 0 spiro atoms. The first-order chi connectivity index (χ1) is 27.7. The number of phosphoric acid groups is 2. The SMILES string of the molecule is CCCCCC1OC1C/C=C\C/C=C\C/C=C\CCCC(=O)O[C@H](COC(=O)CCCCCCCCCCCCC(C)C)COP(=O)(O)OC[C@@H](O)COP(=O)(O)O. The van der Waals surface area contributed by atoms with Crippen molar-refractivity contribution in [3.8, 4) is 0 Å². The van der Waals surface area contributed by atoms with Crippen molar-refractivity contribution in [2.24, 2.45) is 5.92 Å². The first kappa shape index (κ1) is 54.3. The molecule has 0 aromatic carbocycles. The summed E-state index contributed by atoms with van der Waals surface area (Å²) in [6.45, 7) is 3.95. The average molecular weight is 867 g/mol. The van der Waals surface area contributed by atoms with Crippen LogP contribution >= 0.6 is 15.6 Å². The van der Waals surface area contributed by atoms with Crippen LogP contribution in [0.4, 0.5) is 0 Å². The summed E-state index contributed by atoms with van der Waals surface area (Å²) in [7, 11) is -9.69. The molecule has 338 valence electrons. The Labute approximate surface area is 348 Å². The fourth-order valence-electron chi connectivity index (χ4n) is 5.97. The van der Waals surface area contributed by atoms with Gasteiger partial charge in [0.25, 0.3) is 0 Å². The van der Waals surface area contributed by atoms with Crippen LogP contribution in [0, 0.1) is 5.92 Å². The smallest absolute Gasteiger partial charge is 0.462 e. The summed E-state index contributed by atoms with van der Waals surface area (Å²) in [6, 6.07) is 0. The third-order valence-corrected chi connectivity index (χ3v) is 10.8. The van der Waals surface area contributed by atoms with Crippen LogP contribution in [0.3, 0.4) is 0 Å². The maximum Gasteiger partial charge on any atom is 0.472 e. The normalized spacial score (nSPS) is 18.0. The van der Waals surface area contributed by atoms with Crippen molar-refractivity contribution >= 4 is 27.6 Å². The quantitative estimate of drug-likeness (QED) is 0.0149. The van der Waals surface area contributed by atoms with Gasteiger partial charge in [-0.1, -0.05) is 141 Å². The second kappa shape index (κ2) is 34.0. The number of aliphatic hydroxyl groups is 1. The van der Waals surface area contributed by atoms with Crippen LogP contribution in [-0.2, 0) is 46.5 Å². The molecule has 0 saturated carbocycles. The molecule has 3 unspecified atom stereocenters. The number of ether oxygens (including phenoxy) is 3. The number of carbonyl (C=O) groups is 2. The molecule has 0 aromatic rings. The van der Waals surface area contributed by atoms with E-state index in [0.29, 0.717) is 31.5 Å². The first-order valence-corrected chi connectivity index (χ1v) is 24.7. The summed E-state index contributed by atoms with van der Waals surface area (Å²) in [5, 5.41) is 9.74. The van der Waals surface area contributed by atoms with Crippen LogP contribution in [-0.4, -0.2) is 82.6 Å². The highest BCUT2D eigenvalue weighted by atomic mass is 31.2. The minimum atomic E-state index is -4.87.